The van der Waals surface area contributed by atoms with Crippen LogP contribution >= 0.6 is 0 Å². The molecule has 0 radical (unpaired) electrons. The maximum atomic E-state index is 2.31. The van der Waals surface area contributed by atoms with Crippen molar-refractivity contribution in [3.8, 4) is 22.3 Å². The smallest absolute Gasteiger partial charge is 0.0467 e. The first kappa shape index (κ1) is 24.3. The Kier molecular flexibility index (Phi) is 6.92. The molecule has 2 heteroatoms. The largest absolute Gasteiger partial charge is 0.345 e. The minimum atomic E-state index is 1.12. The molecule has 188 valence electrons. The van der Waals surface area contributed by atoms with Crippen molar-refractivity contribution in [2.24, 2.45) is 0 Å². The molecule has 6 aromatic rings. The summed E-state index contributed by atoms with van der Waals surface area (Å²) in [6.07, 6.45) is 0. The van der Waals surface area contributed by atoms with Gasteiger partial charge in [0.2, 0.25) is 0 Å². The molecule has 0 aliphatic rings. The molecule has 0 N–H and O–H groups in total. The van der Waals surface area contributed by atoms with Crippen LogP contribution in [0.5, 0.6) is 0 Å². The van der Waals surface area contributed by atoms with E-state index in [1.807, 2.05) is 6.07 Å². The van der Waals surface area contributed by atoms with Crippen LogP contribution in [0.3, 0.4) is 0 Å². The molecule has 0 aliphatic carbocycles. The maximum absolute atomic E-state index is 2.31. The highest BCUT2D eigenvalue weighted by Gasteiger charge is 2.13. The summed E-state index contributed by atoms with van der Waals surface area (Å²) in [5.74, 6) is 0. The molecule has 0 saturated heterocycles. The summed E-state index contributed by atoms with van der Waals surface area (Å²) in [5.41, 5.74) is 10.5. The quantitative estimate of drug-likeness (QED) is 0.214. The van der Waals surface area contributed by atoms with Gasteiger partial charge in [-0.25, -0.2) is 0 Å². The highest BCUT2D eigenvalue weighted by Crippen LogP contribution is 2.37. The summed E-state index contributed by atoms with van der Waals surface area (Å²) in [7, 11) is 2.10. The molecule has 0 amide bonds. The van der Waals surface area contributed by atoms with Crippen molar-refractivity contribution in [1.82, 2.24) is 0 Å². The zero-order valence-corrected chi connectivity index (χ0v) is 22.0. The van der Waals surface area contributed by atoms with Crippen LogP contribution in [0, 0.1) is 0 Å². The van der Waals surface area contributed by atoms with Crippen molar-refractivity contribution < 1.29 is 0 Å². The maximum Gasteiger partial charge on any atom is 0.0467 e. The fourth-order valence-corrected chi connectivity index (χ4v) is 4.96. The standard InChI is InChI=1S/C37H30N2/c1-38(33-15-7-3-8-16-33)34-24-20-30(21-25-34)31-22-26-36(27-23-31)39(35-17-9-4-10-18-35)37-19-11-14-32(28-37)29-12-5-2-6-13-29/h2-28H,1H3. The lowest BCUT2D eigenvalue weighted by Crippen LogP contribution is -2.09. The average Bonchev–Trinajstić information content (AvgIpc) is 3.03. The number of hydrogen-bond acceptors (Lipinski definition) is 2. The van der Waals surface area contributed by atoms with Crippen molar-refractivity contribution in [1.29, 1.82) is 0 Å². The number of anilines is 5. The van der Waals surface area contributed by atoms with Gasteiger partial charge in [-0.1, -0.05) is 103 Å². The molecule has 0 saturated carbocycles. The van der Waals surface area contributed by atoms with Gasteiger partial charge in [0.1, 0.15) is 0 Å². The highest BCUT2D eigenvalue weighted by atomic mass is 15.1. The van der Waals surface area contributed by atoms with Crippen LogP contribution in [0.4, 0.5) is 28.4 Å². The van der Waals surface area contributed by atoms with Crippen molar-refractivity contribution in [3.05, 3.63) is 164 Å². The van der Waals surface area contributed by atoms with Gasteiger partial charge in [-0.2, -0.15) is 0 Å². The molecule has 0 aliphatic heterocycles. The van der Waals surface area contributed by atoms with Crippen molar-refractivity contribution in [2.75, 3.05) is 16.8 Å². The second-order valence-electron chi connectivity index (χ2n) is 9.58. The van der Waals surface area contributed by atoms with Crippen LogP contribution in [0.1, 0.15) is 0 Å². The third-order valence-electron chi connectivity index (χ3n) is 7.08. The molecule has 39 heavy (non-hydrogen) atoms. The van der Waals surface area contributed by atoms with E-state index in [1.54, 1.807) is 0 Å². The van der Waals surface area contributed by atoms with Gasteiger partial charge in [-0.15, -0.1) is 0 Å². The minimum absolute atomic E-state index is 1.12. The van der Waals surface area contributed by atoms with E-state index in [1.165, 1.54) is 27.9 Å². The van der Waals surface area contributed by atoms with Crippen LogP contribution in [-0.2, 0) is 0 Å². The molecule has 0 bridgehead atoms. The van der Waals surface area contributed by atoms with E-state index in [-0.39, 0.29) is 0 Å². The Bertz CT molecular complexity index is 1630. The monoisotopic (exact) mass is 502 g/mol. The van der Waals surface area contributed by atoms with Gasteiger partial charge in [0.05, 0.1) is 0 Å². The van der Waals surface area contributed by atoms with Crippen molar-refractivity contribution >= 4 is 28.4 Å². The first-order valence-corrected chi connectivity index (χ1v) is 13.3. The molecular weight excluding hydrogens is 472 g/mol. The predicted molar refractivity (Wildman–Crippen MR) is 167 cm³/mol. The Hall–Kier alpha value is -5.08. The van der Waals surface area contributed by atoms with Gasteiger partial charge in [0.25, 0.3) is 0 Å². The first-order valence-electron chi connectivity index (χ1n) is 13.3. The Morgan fingerprint density at radius 3 is 1.28 bits per heavy atom. The summed E-state index contributed by atoms with van der Waals surface area (Å²) in [4.78, 5) is 4.52. The third-order valence-corrected chi connectivity index (χ3v) is 7.08. The van der Waals surface area contributed by atoms with E-state index in [4.69, 9.17) is 0 Å². The van der Waals surface area contributed by atoms with Crippen molar-refractivity contribution in [2.45, 2.75) is 0 Å². The molecule has 6 aromatic carbocycles. The van der Waals surface area contributed by atoms with E-state index in [9.17, 15) is 0 Å². The molecule has 0 aromatic heterocycles. The third kappa shape index (κ3) is 5.32. The van der Waals surface area contributed by atoms with Gasteiger partial charge in [-0.3, -0.25) is 0 Å². The molecule has 0 atom stereocenters. The molecular formula is C37H30N2. The first-order chi connectivity index (χ1) is 19.3. The van der Waals surface area contributed by atoms with E-state index in [0.717, 1.165) is 22.7 Å². The zero-order chi connectivity index (χ0) is 26.4. The molecule has 0 heterocycles. The fourth-order valence-electron chi connectivity index (χ4n) is 4.96. The molecule has 6 rings (SSSR count). The molecule has 0 spiro atoms. The number of rotatable bonds is 7. The highest BCUT2D eigenvalue weighted by molar-refractivity contribution is 5.81. The van der Waals surface area contributed by atoms with Gasteiger partial charge in [-0.05, 0) is 82.9 Å². The van der Waals surface area contributed by atoms with E-state index in [0.29, 0.717) is 0 Å². The van der Waals surface area contributed by atoms with Gasteiger partial charge >= 0.3 is 0 Å². The molecule has 0 fully saturated rings. The summed E-state index contributed by atoms with van der Waals surface area (Å²) in [6, 6.07) is 57.9. The van der Waals surface area contributed by atoms with Crippen LogP contribution in [-0.4, -0.2) is 7.05 Å². The van der Waals surface area contributed by atoms with E-state index >= 15 is 0 Å². The number of hydrogen-bond donors (Lipinski definition) is 0. The Morgan fingerprint density at radius 1 is 0.308 bits per heavy atom. The molecule has 0 unspecified atom stereocenters. The number of benzene rings is 6. The second-order valence-corrected chi connectivity index (χ2v) is 9.58. The Labute approximate surface area is 231 Å². The fraction of sp³-hybridized carbons (Fsp3) is 0.0270. The SMILES string of the molecule is CN(c1ccccc1)c1ccc(-c2ccc(N(c3ccccc3)c3cccc(-c4ccccc4)c3)cc2)cc1. The predicted octanol–water partition coefficient (Wildman–Crippen LogP) is 10.3. The van der Waals surface area contributed by atoms with Gasteiger partial charge in [0.15, 0.2) is 0 Å². The summed E-state index contributed by atoms with van der Waals surface area (Å²) in [6.45, 7) is 0. The normalized spacial score (nSPS) is 10.7. The van der Waals surface area contributed by atoms with E-state index in [2.05, 4.69) is 175 Å². The zero-order valence-electron chi connectivity index (χ0n) is 22.0. The Morgan fingerprint density at radius 2 is 0.692 bits per heavy atom. The summed E-state index contributed by atoms with van der Waals surface area (Å²) in [5, 5.41) is 0. The number of para-hydroxylation sites is 2. The van der Waals surface area contributed by atoms with Crippen LogP contribution < -0.4 is 9.80 Å². The Balaban J connectivity index is 1.31. The summed E-state index contributed by atoms with van der Waals surface area (Å²) < 4.78 is 0. The van der Waals surface area contributed by atoms with Crippen LogP contribution in [0.2, 0.25) is 0 Å². The lowest BCUT2D eigenvalue weighted by Gasteiger charge is -2.26. The van der Waals surface area contributed by atoms with Crippen LogP contribution in [0.25, 0.3) is 22.3 Å². The lowest BCUT2D eigenvalue weighted by atomic mass is 10.0. The van der Waals surface area contributed by atoms with Crippen LogP contribution in [0.15, 0.2) is 164 Å². The summed E-state index contributed by atoms with van der Waals surface area (Å²) >= 11 is 0. The number of nitrogens with zero attached hydrogens (tertiary/aromatic N) is 2. The second kappa shape index (κ2) is 11.1. The minimum Gasteiger partial charge on any atom is -0.345 e. The topological polar surface area (TPSA) is 6.48 Å². The van der Waals surface area contributed by atoms with Gasteiger partial charge < -0.3 is 9.80 Å². The van der Waals surface area contributed by atoms with Crippen molar-refractivity contribution in [3.63, 3.8) is 0 Å². The van der Waals surface area contributed by atoms with E-state index < -0.39 is 0 Å². The van der Waals surface area contributed by atoms with Gasteiger partial charge in [0, 0.05) is 35.5 Å². The lowest BCUT2D eigenvalue weighted by molar-refractivity contribution is 1.21. The average molecular weight is 503 g/mol. The molecule has 2 nitrogen and oxygen atoms in total.